The fraction of sp³-hybridized carbons (Fsp3) is 0.118. The third kappa shape index (κ3) is 3.48. The quantitative estimate of drug-likeness (QED) is 0.749. The average Bonchev–Trinajstić information content (AvgIpc) is 2.98. The van der Waals surface area contributed by atoms with Gasteiger partial charge in [-0.05, 0) is 42.1 Å². The van der Waals surface area contributed by atoms with Gasteiger partial charge in [0.15, 0.2) is 0 Å². The number of thiophene rings is 1. The number of rotatable bonds is 4. The lowest BCUT2D eigenvalue weighted by Gasteiger charge is -2.14. The Morgan fingerprint density at radius 3 is 2.58 bits per heavy atom. The van der Waals surface area contributed by atoms with Crippen LogP contribution in [0.2, 0.25) is 0 Å². The van der Waals surface area contributed by atoms with Crippen molar-refractivity contribution in [1.29, 1.82) is 0 Å². The number of sulfonamides is 1. The number of amides is 1. The second-order valence-corrected chi connectivity index (χ2v) is 8.11. The van der Waals surface area contributed by atoms with Gasteiger partial charge in [0.05, 0.1) is 15.8 Å². The number of nitrogens with one attached hydrogen (secondary N) is 1. The van der Waals surface area contributed by atoms with Gasteiger partial charge in [-0.1, -0.05) is 30.3 Å². The Bertz CT molecular complexity index is 976. The molecule has 1 heterocycles. The van der Waals surface area contributed by atoms with Gasteiger partial charge in [0.1, 0.15) is 0 Å². The van der Waals surface area contributed by atoms with Crippen LogP contribution in [0.5, 0.6) is 0 Å². The number of fused-ring (bicyclic) bond motifs is 1. The monoisotopic (exact) mass is 360 g/mol. The fourth-order valence-electron chi connectivity index (χ4n) is 2.41. The Kier molecular flexibility index (Phi) is 4.40. The molecule has 0 fully saturated rings. The predicted octanol–water partition coefficient (Wildman–Crippen LogP) is 3.04. The number of hydrogen-bond acceptors (Lipinski definition) is 4. The van der Waals surface area contributed by atoms with Crippen LogP contribution >= 0.6 is 11.3 Å². The Morgan fingerprint density at radius 2 is 1.88 bits per heavy atom. The van der Waals surface area contributed by atoms with Crippen LogP contribution in [0, 0.1) is 0 Å². The van der Waals surface area contributed by atoms with Crippen molar-refractivity contribution >= 4 is 37.4 Å². The molecule has 0 aliphatic carbocycles. The van der Waals surface area contributed by atoms with E-state index >= 15 is 0 Å². The average molecular weight is 360 g/mol. The molecule has 0 radical (unpaired) electrons. The SMILES string of the molecule is CC(NC(=O)c1cc2ccccc2s1)c1cccc(S(N)(=O)=O)c1. The number of carbonyl (C=O) groups excluding carboxylic acids is 1. The van der Waals surface area contributed by atoms with E-state index in [1.807, 2.05) is 30.3 Å². The molecule has 2 aromatic carbocycles. The minimum Gasteiger partial charge on any atom is -0.345 e. The minimum atomic E-state index is -3.77. The summed E-state index contributed by atoms with van der Waals surface area (Å²) in [6.07, 6.45) is 0. The zero-order chi connectivity index (χ0) is 17.3. The molecule has 0 saturated heterocycles. The molecule has 1 atom stereocenters. The normalized spacial score (nSPS) is 12.9. The fourth-order valence-corrected chi connectivity index (χ4v) is 3.94. The molecule has 7 heteroatoms. The van der Waals surface area contributed by atoms with Gasteiger partial charge in [-0.3, -0.25) is 4.79 Å². The molecular formula is C17H16N2O3S2. The first-order chi connectivity index (χ1) is 11.3. The van der Waals surface area contributed by atoms with Gasteiger partial charge in [0.2, 0.25) is 10.0 Å². The Balaban J connectivity index is 1.81. The van der Waals surface area contributed by atoms with Gasteiger partial charge in [0, 0.05) is 4.70 Å². The van der Waals surface area contributed by atoms with E-state index in [0.29, 0.717) is 10.4 Å². The lowest BCUT2D eigenvalue weighted by molar-refractivity contribution is 0.0944. The van der Waals surface area contributed by atoms with E-state index in [0.717, 1.165) is 10.1 Å². The molecule has 5 nitrogen and oxygen atoms in total. The summed E-state index contributed by atoms with van der Waals surface area (Å²) < 4.78 is 23.9. The number of carbonyl (C=O) groups is 1. The molecule has 0 bridgehead atoms. The highest BCUT2D eigenvalue weighted by atomic mass is 32.2. The van der Waals surface area contributed by atoms with Gasteiger partial charge in [-0.15, -0.1) is 11.3 Å². The maximum atomic E-state index is 12.4. The maximum Gasteiger partial charge on any atom is 0.261 e. The molecule has 24 heavy (non-hydrogen) atoms. The van der Waals surface area contributed by atoms with Crippen LogP contribution in [-0.2, 0) is 10.0 Å². The summed E-state index contributed by atoms with van der Waals surface area (Å²) in [6.45, 7) is 1.80. The molecule has 3 N–H and O–H groups in total. The highest BCUT2D eigenvalue weighted by Gasteiger charge is 2.16. The van der Waals surface area contributed by atoms with Crippen LogP contribution in [-0.4, -0.2) is 14.3 Å². The van der Waals surface area contributed by atoms with Gasteiger partial charge in [-0.2, -0.15) is 0 Å². The first-order valence-electron chi connectivity index (χ1n) is 7.27. The van der Waals surface area contributed by atoms with Gasteiger partial charge >= 0.3 is 0 Å². The van der Waals surface area contributed by atoms with Crippen molar-refractivity contribution in [3.63, 3.8) is 0 Å². The van der Waals surface area contributed by atoms with Crippen LogP contribution in [0.4, 0.5) is 0 Å². The number of nitrogens with two attached hydrogens (primary N) is 1. The van der Waals surface area contributed by atoms with Crippen molar-refractivity contribution in [1.82, 2.24) is 5.32 Å². The Hall–Kier alpha value is -2.22. The molecule has 3 rings (SSSR count). The van der Waals surface area contributed by atoms with E-state index in [1.54, 1.807) is 19.1 Å². The van der Waals surface area contributed by atoms with Crippen LogP contribution in [0.3, 0.4) is 0 Å². The second kappa shape index (κ2) is 6.35. The molecule has 1 aromatic heterocycles. The molecule has 124 valence electrons. The van der Waals surface area contributed by atoms with Crippen molar-refractivity contribution in [3.8, 4) is 0 Å². The number of primary sulfonamides is 1. The lowest BCUT2D eigenvalue weighted by atomic mass is 10.1. The molecule has 0 aliphatic rings. The molecule has 0 saturated carbocycles. The van der Waals surface area contributed by atoms with Gasteiger partial charge < -0.3 is 5.32 Å². The highest BCUT2D eigenvalue weighted by molar-refractivity contribution is 7.89. The van der Waals surface area contributed by atoms with Crippen LogP contribution in [0.25, 0.3) is 10.1 Å². The standard InChI is InChI=1S/C17H16N2O3S2/c1-11(12-6-4-7-14(9-12)24(18,21)22)19-17(20)16-10-13-5-2-3-8-15(13)23-16/h2-11H,1H3,(H,19,20)(H2,18,21,22). The predicted molar refractivity (Wildman–Crippen MR) is 95.5 cm³/mol. The van der Waals surface area contributed by atoms with E-state index in [2.05, 4.69) is 5.32 Å². The smallest absolute Gasteiger partial charge is 0.261 e. The van der Waals surface area contributed by atoms with Crippen molar-refractivity contribution in [2.24, 2.45) is 5.14 Å². The first kappa shape index (κ1) is 16.6. The zero-order valence-corrected chi connectivity index (χ0v) is 14.5. The van der Waals surface area contributed by atoms with E-state index in [4.69, 9.17) is 5.14 Å². The second-order valence-electron chi connectivity index (χ2n) is 5.46. The van der Waals surface area contributed by atoms with Crippen LogP contribution in [0.1, 0.15) is 28.2 Å². The summed E-state index contributed by atoms with van der Waals surface area (Å²) >= 11 is 1.42. The molecule has 0 aliphatic heterocycles. The van der Waals surface area contributed by atoms with Crippen molar-refractivity contribution in [3.05, 3.63) is 65.0 Å². The molecule has 3 aromatic rings. The summed E-state index contributed by atoms with van der Waals surface area (Å²) in [5.74, 6) is -0.190. The van der Waals surface area contributed by atoms with Crippen molar-refractivity contribution < 1.29 is 13.2 Å². The van der Waals surface area contributed by atoms with Crippen molar-refractivity contribution in [2.75, 3.05) is 0 Å². The third-order valence-corrected chi connectivity index (χ3v) is 5.71. The summed E-state index contributed by atoms with van der Waals surface area (Å²) in [5.41, 5.74) is 0.677. The Morgan fingerprint density at radius 1 is 1.12 bits per heavy atom. The minimum absolute atomic E-state index is 0.0305. The summed E-state index contributed by atoms with van der Waals surface area (Å²) in [6, 6.07) is 15.6. The first-order valence-corrected chi connectivity index (χ1v) is 9.63. The van der Waals surface area contributed by atoms with E-state index in [1.165, 1.54) is 23.5 Å². The Labute approximate surface area is 144 Å². The summed E-state index contributed by atoms with van der Waals surface area (Å²) in [5, 5.41) is 9.06. The van der Waals surface area contributed by atoms with E-state index in [9.17, 15) is 13.2 Å². The zero-order valence-electron chi connectivity index (χ0n) is 12.9. The van der Waals surface area contributed by atoms with Gasteiger partial charge in [0.25, 0.3) is 5.91 Å². The topological polar surface area (TPSA) is 89.3 Å². The van der Waals surface area contributed by atoms with Crippen LogP contribution in [0.15, 0.2) is 59.5 Å². The molecule has 0 spiro atoms. The van der Waals surface area contributed by atoms with E-state index < -0.39 is 10.0 Å². The highest BCUT2D eigenvalue weighted by Crippen LogP contribution is 2.26. The molecular weight excluding hydrogens is 344 g/mol. The summed E-state index contributed by atoms with van der Waals surface area (Å²) in [7, 11) is -3.77. The van der Waals surface area contributed by atoms with Gasteiger partial charge in [-0.25, -0.2) is 13.6 Å². The summed E-state index contributed by atoms with van der Waals surface area (Å²) in [4.78, 5) is 13.1. The third-order valence-electron chi connectivity index (χ3n) is 3.68. The molecule has 1 unspecified atom stereocenters. The van der Waals surface area contributed by atoms with E-state index in [-0.39, 0.29) is 16.8 Å². The molecule has 1 amide bonds. The lowest BCUT2D eigenvalue weighted by Crippen LogP contribution is -2.26. The van der Waals surface area contributed by atoms with Crippen LogP contribution < -0.4 is 10.5 Å². The number of benzene rings is 2. The van der Waals surface area contributed by atoms with Crippen molar-refractivity contribution in [2.45, 2.75) is 17.9 Å². The largest absolute Gasteiger partial charge is 0.345 e. The maximum absolute atomic E-state index is 12.4. The number of hydrogen-bond donors (Lipinski definition) is 2.